The molecule has 1 amide bonds. The lowest BCUT2D eigenvalue weighted by molar-refractivity contribution is -0.122. The largest absolute Gasteiger partial charge is 0.354 e. The number of rotatable bonds is 5. The summed E-state index contributed by atoms with van der Waals surface area (Å²) in [5.74, 6) is 0.629. The molecule has 0 heterocycles. The zero-order valence-electron chi connectivity index (χ0n) is 6.67. The highest BCUT2D eigenvalue weighted by molar-refractivity contribution is 8.19. The number of carbonyl (C=O) groups excluding carboxylic acids is 1. The van der Waals surface area contributed by atoms with Gasteiger partial charge in [0.1, 0.15) is 0 Å². The summed E-state index contributed by atoms with van der Waals surface area (Å²) >= 11 is 1.21. The van der Waals surface area contributed by atoms with E-state index in [1.165, 1.54) is 11.6 Å². The van der Waals surface area contributed by atoms with Gasteiger partial charge in [0.2, 0.25) is 5.91 Å². The van der Waals surface area contributed by atoms with Crippen molar-refractivity contribution in [2.45, 2.75) is 19.4 Å². The van der Waals surface area contributed by atoms with E-state index in [0.29, 0.717) is 13.0 Å². The van der Waals surface area contributed by atoms with Gasteiger partial charge >= 0.3 is 0 Å². The molecule has 0 aliphatic heterocycles. The van der Waals surface area contributed by atoms with Crippen molar-refractivity contribution in [1.82, 2.24) is 5.32 Å². The maximum Gasteiger partial charge on any atom is 0.236 e. The van der Waals surface area contributed by atoms with Crippen molar-refractivity contribution in [2.24, 2.45) is 5.73 Å². The Morgan fingerprint density at radius 1 is 1.82 bits per heavy atom. The van der Waals surface area contributed by atoms with Crippen molar-refractivity contribution in [3.63, 3.8) is 0 Å². The number of carbonyl (C=O) groups is 1. The Bertz CT molecular complexity index is 123. The van der Waals surface area contributed by atoms with Crippen LogP contribution in [0, 0.1) is 0 Å². The molecular weight excluding hydrogens is 159 g/mol. The quantitative estimate of drug-likeness (QED) is 0.440. The standard InChI is InChI=1S/C6H13BN2OS/c1-2-5(8)6(10)9-3-4-11-7/h5H,2-4,8H2,1H3,(H,9,10)/t5-/m0/s1. The molecule has 0 spiro atoms. The predicted molar refractivity (Wildman–Crippen MR) is 49.5 cm³/mol. The molecule has 0 aromatic carbocycles. The summed E-state index contributed by atoms with van der Waals surface area (Å²) < 4.78 is 0. The second-order valence-corrected chi connectivity index (χ2v) is 2.92. The lowest BCUT2D eigenvalue weighted by Crippen LogP contribution is -2.40. The molecular formula is C6H13BN2OS. The van der Waals surface area contributed by atoms with E-state index >= 15 is 0 Å². The molecule has 3 N–H and O–H groups in total. The minimum Gasteiger partial charge on any atom is -0.354 e. The second kappa shape index (κ2) is 6.55. The van der Waals surface area contributed by atoms with E-state index in [1.54, 1.807) is 0 Å². The van der Waals surface area contributed by atoms with Gasteiger partial charge in [-0.1, -0.05) is 6.92 Å². The van der Waals surface area contributed by atoms with E-state index in [-0.39, 0.29) is 11.9 Å². The predicted octanol–water partition coefficient (Wildman–Crippen LogP) is -0.343. The van der Waals surface area contributed by atoms with Crippen LogP contribution >= 0.6 is 11.6 Å². The summed E-state index contributed by atoms with van der Waals surface area (Å²) in [4.78, 5) is 11.0. The van der Waals surface area contributed by atoms with Crippen molar-refractivity contribution in [3.05, 3.63) is 0 Å². The van der Waals surface area contributed by atoms with Crippen LogP contribution in [0.5, 0.6) is 0 Å². The highest BCUT2D eigenvalue weighted by Gasteiger charge is 2.08. The summed E-state index contributed by atoms with van der Waals surface area (Å²) in [5, 5.41) is 2.67. The van der Waals surface area contributed by atoms with Crippen LogP contribution in [0.4, 0.5) is 0 Å². The van der Waals surface area contributed by atoms with Crippen LogP contribution in [0.1, 0.15) is 13.3 Å². The average molecular weight is 172 g/mol. The van der Waals surface area contributed by atoms with Crippen LogP contribution < -0.4 is 11.1 Å². The highest BCUT2D eigenvalue weighted by atomic mass is 32.2. The van der Waals surface area contributed by atoms with Gasteiger partial charge in [0.05, 0.1) is 6.04 Å². The van der Waals surface area contributed by atoms with Crippen LogP contribution in [0.2, 0.25) is 0 Å². The van der Waals surface area contributed by atoms with Gasteiger partial charge in [-0.15, -0.1) is 0 Å². The van der Waals surface area contributed by atoms with Gasteiger partial charge in [-0.3, -0.25) is 4.79 Å². The van der Waals surface area contributed by atoms with Gasteiger partial charge in [-0.05, 0) is 12.2 Å². The van der Waals surface area contributed by atoms with Crippen LogP contribution in [-0.4, -0.2) is 31.4 Å². The summed E-state index contributed by atoms with van der Waals surface area (Å²) in [6, 6.07) is -0.377. The van der Waals surface area contributed by atoms with Crippen molar-refractivity contribution >= 4 is 24.6 Å². The Morgan fingerprint density at radius 3 is 2.91 bits per heavy atom. The summed E-state index contributed by atoms with van der Waals surface area (Å²) in [6.07, 6.45) is 0.668. The Hall–Kier alpha value is -0.155. The fourth-order valence-corrected chi connectivity index (χ4v) is 0.770. The third-order valence-electron chi connectivity index (χ3n) is 1.30. The van der Waals surface area contributed by atoms with Crippen LogP contribution in [0.25, 0.3) is 0 Å². The third-order valence-corrected chi connectivity index (χ3v) is 1.74. The molecule has 0 saturated heterocycles. The molecule has 0 aromatic rings. The van der Waals surface area contributed by atoms with Gasteiger partial charge in [0, 0.05) is 6.54 Å². The molecule has 3 nitrogen and oxygen atoms in total. The Morgan fingerprint density at radius 2 is 2.45 bits per heavy atom. The Balaban J connectivity index is 3.36. The lowest BCUT2D eigenvalue weighted by atomic mass is 10.2. The van der Waals surface area contributed by atoms with Gasteiger partial charge in [0.15, 0.2) is 7.12 Å². The van der Waals surface area contributed by atoms with E-state index in [0.717, 1.165) is 5.75 Å². The average Bonchev–Trinajstić information content (AvgIpc) is 2.03. The number of nitrogens with one attached hydrogen (secondary N) is 1. The molecule has 0 unspecified atom stereocenters. The normalized spacial score (nSPS) is 12.5. The molecule has 11 heavy (non-hydrogen) atoms. The monoisotopic (exact) mass is 172 g/mol. The van der Waals surface area contributed by atoms with Crippen molar-refractivity contribution in [1.29, 1.82) is 0 Å². The lowest BCUT2D eigenvalue weighted by Gasteiger charge is -2.08. The minimum atomic E-state index is -0.377. The molecule has 0 aromatic heterocycles. The fourth-order valence-electron chi connectivity index (χ4n) is 0.550. The number of hydrogen-bond donors (Lipinski definition) is 2. The maximum atomic E-state index is 11.0. The van der Waals surface area contributed by atoms with Gasteiger partial charge in [-0.2, -0.15) is 0 Å². The molecule has 5 heteroatoms. The smallest absolute Gasteiger partial charge is 0.236 e. The first-order valence-electron chi connectivity index (χ1n) is 3.57. The first-order valence-corrected chi connectivity index (χ1v) is 4.62. The summed E-state index contributed by atoms with van der Waals surface area (Å²) in [6.45, 7) is 2.47. The van der Waals surface area contributed by atoms with Crippen LogP contribution in [0.3, 0.4) is 0 Å². The molecule has 62 valence electrons. The molecule has 0 fully saturated rings. The third kappa shape index (κ3) is 5.15. The zero-order chi connectivity index (χ0) is 8.69. The molecule has 0 aliphatic carbocycles. The van der Waals surface area contributed by atoms with Crippen LogP contribution in [-0.2, 0) is 4.79 Å². The van der Waals surface area contributed by atoms with E-state index in [2.05, 4.69) is 5.32 Å². The highest BCUT2D eigenvalue weighted by Crippen LogP contribution is 1.88. The number of nitrogens with two attached hydrogens (primary N) is 1. The van der Waals surface area contributed by atoms with Crippen molar-refractivity contribution in [2.75, 3.05) is 12.3 Å². The van der Waals surface area contributed by atoms with E-state index in [1.807, 2.05) is 6.92 Å². The first-order chi connectivity index (χ1) is 5.22. The topological polar surface area (TPSA) is 55.1 Å². The number of hydrogen-bond acceptors (Lipinski definition) is 3. The van der Waals surface area contributed by atoms with Crippen LogP contribution in [0.15, 0.2) is 0 Å². The molecule has 2 radical (unpaired) electrons. The van der Waals surface area contributed by atoms with Gasteiger partial charge in [-0.25, -0.2) is 11.6 Å². The Kier molecular flexibility index (Phi) is 6.46. The molecule has 1 atom stereocenters. The molecule has 0 saturated carbocycles. The van der Waals surface area contributed by atoms with Crippen molar-refractivity contribution < 1.29 is 4.79 Å². The zero-order valence-corrected chi connectivity index (χ0v) is 7.49. The first kappa shape index (κ1) is 10.8. The molecule has 0 aliphatic rings. The van der Waals surface area contributed by atoms with E-state index in [9.17, 15) is 4.79 Å². The second-order valence-electron chi connectivity index (χ2n) is 2.18. The molecule has 0 bridgehead atoms. The van der Waals surface area contributed by atoms with E-state index in [4.69, 9.17) is 12.9 Å². The maximum absolute atomic E-state index is 11.0. The van der Waals surface area contributed by atoms with Crippen molar-refractivity contribution in [3.8, 4) is 0 Å². The Labute approximate surface area is 72.8 Å². The van der Waals surface area contributed by atoms with E-state index < -0.39 is 0 Å². The molecule has 0 rings (SSSR count). The number of amides is 1. The SMILES string of the molecule is [B]SCCNC(=O)[C@@H](N)CC. The van der Waals surface area contributed by atoms with Gasteiger partial charge in [0.25, 0.3) is 0 Å². The van der Waals surface area contributed by atoms with Gasteiger partial charge < -0.3 is 11.1 Å². The minimum absolute atomic E-state index is 0.0958. The fraction of sp³-hybridized carbons (Fsp3) is 0.833. The summed E-state index contributed by atoms with van der Waals surface area (Å²) in [7, 11) is 5.16. The summed E-state index contributed by atoms with van der Waals surface area (Å²) in [5.41, 5.74) is 5.45.